The second-order valence-electron chi connectivity index (χ2n) is 7.45. The number of hydrogen-bond donors (Lipinski definition) is 2. The maximum atomic E-state index is 12.3. The Morgan fingerprint density at radius 3 is 1.91 bits per heavy atom. The number of para-hydroxylation sites is 1. The number of carbonyl (C=O) groups is 1. The summed E-state index contributed by atoms with van der Waals surface area (Å²) < 4.78 is 11.6. The van der Waals surface area contributed by atoms with Gasteiger partial charge >= 0.3 is 0 Å². The van der Waals surface area contributed by atoms with Gasteiger partial charge in [0.25, 0.3) is 0 Å². The Kier molecular flexibility index (Phi) is 7.58. The number of anilines is 2. The third-order valence-corrected chi connectivity index (χ3v) is 4.93. The minimum atomic E-state index is -0.130. The number of ether oxygens (including phenoxy) is 2. The molecule has 4 aromatic carbocycles. The van der Waals surface area contributed by atoms with Crippen LogP contribution < -0.4 is 20.1 Å². The maximum Gasteiger partial charge on any atom is 0.243 e. The summed E-state index contributed by atoms with van der Waals surface area (Å²) in [5.41, 5.74) is 2.82. The van der Waals surface area contributed by atoms with Crippen molar-refractivity contribution in [1.29, 1.82) is 0 Å². The van der Waals surface area contributed by atoms with E-state index in [9.17, 15) is 4.79 Å². The number of amides is 1. The SMILES string of the molecule is O=C(CNc1ccc(OCCc2ccccc2)cc1)Nc1ccc(Oc2ccccc2)cc1. The summed E-state index contributed by atoms with van der Waals surface area (Å²) in [6, 6.07) is 34.7. The standard InChI is InChI=1S/C28H26N2O3/c31-28(30-24-13-17-27(18-14-24)33-26-9-5-2-6-10-26)21-29-23-11-15-25(16-12-23)32-20-19-22-7-3-1-4-8-22/h1-18,29H,19-21H2,(H,30,31). The van der Waals surface area contributed by atoms with E-state index in [1.54, 1.807) is 0 Å². The van der Waals surface area contributed by atoms with E-state index in [4.69, 9.17) is 9.47 Å². The first-order valence-electron chi connectivity index (χ1n) is 10.9. The van der Waals surface area contributed by atoms with Crippen molar-refractivity contribution in [2.75, 3.05) is 23.8 Å². The topological polar surface area (TPSA) is 59.6 Å². The van der Waals surface area contributed by atoms with Gasteiger partial charge in [0.1, 0.15) is 17.2 Å². The van der Waals surface area contributed by atoms with Crippen LogP contribution in [-0.2, 0) is 11.2 Å². The summed E-state index contributed by atoms with van der Waals surface area (Å²) in [6.07, 6.45) is 0.861. The molecule has 0 atom stereocenters. The van der Waals surface area contributed by atoms with E-state index in [0.29, 0.717) is 18.0 Å². The van der Waals surface area contributed by atoms with E-state index in [1.807, 2.05) is 97.1 Å². The summed E-state index contributed by atoms with van der Waals surface area (Å²) in [5.74, 6) is 2.16. The molecule has 0 unspecified atom stereocenters. The van der Waals surface area contributed by atoms with Gasteiger partial charge in [-0.3, -0.25) is 4.79 Å². The third-order valence-electron chi connectivity index (χ3n) is 4.93. The fraction of sp³-hybridized carbons (Fsp3) is 0.107. The van der Waals surface area contributed by atoms with Crippen LogP contribution >= 0.6 is 0 Å². The van der Waals surface area contributed by atoms with Crippen LogP contribution in [0.4, 0.5) is 11.4 Å². The van der Waals surface area contributed by atoms with Crippen LogP contribution in [0.25, 0.3) is 0 Å². The molecule has 0 aliphatic carbocycles. The van der Waals surface area contributed by atoms with E-state index in [2.05, 4.69) is 22.8 Å². The first-order valence-corrected chi connectivity index (χ1v) is 10.9. The molecule has 0 aromatic heterocycles. The molecule has 0 heterocycles. The van der Waals surface area contributed by atoms with Crippen LogP contribution in [0.15, 0.2) is 109 Å². The van der Waals surface area contributed by atoms with Crippen LogP contribution in [0.2, 0.25) is 0 Å². The molecule has 0 saturated carbocycles. The molecule has 0 aliphatic rings. The second-order valence-corrected chi connectivity index (χ2v) is 7.45. The highest BCUT2D eigenvalue weighted by molar-refractivity contribution is 5.93. The number of rotatable bonds is 10. The van der Waals surface area contributed by atoms with E-state index in [1.165, 1.54) is 5.56 Å². The lowest BCUT2D eigenvalue weighted by Crippen LogP contribution is -2.21. The highest BCUT2D eigenvalue weighted by Crippen LogP contribution is 2.22. The summed E-state index contributed by atoms with van der Waals surface area (Å²) in [6.45, 7) is 0.783. The fourth-order valence-corrected chi connectivity index (χ4v) is 3.22. The molecule has 4 aromatic rings. The molecule has 0 bridgehead atoms. The molecule has 0 saturated heterocycles. The van der Waals surface area contributed by atoms with E-state index < -0.39 is 0 Å². The van der Waals surface area contributed by atoms with Crippen molar-refractivity contribution in [3.8, 4) is 17.2 Å². The zero-order valence-electron chi connectivity index (χ0n) is 18.2. The fourth-order valence-electron chi connectivity index (χ4n) is 3.22. The van der Waals surface area contributed by atoms with Crippen LogP contribution in [0.1, 0.15) is 5.56 Å². The monoisotopic (exact) mass is 438 g/mol. The van der Waals surface area contributed by atoms with E-state index >= 15 is 0 Å². The van der Waals surface area contributed by atoms with Crippen molar-refractivity contribution in [3.63, 3.8) is 0 Å². The zero-order chi connectivity index (χ0) is 22.7. The zero-order valence-corrected chi connectivity index (χ0v) is 18.2. The second kappa shape index (κ2) is 11.4. The quantitative estimate of drug-likeness (QED) is 0.312. The molecular formula is C28H26N2O3. The number of benzene rings is 4. The van der Waals surface area contributed by atoms with Gasteiger partial charge in [0.05, 0.1) is 13.2 Å². The Labute approximate surface area is 194 Å². The van der Waals surface area contributed by atoms with Gasteiger partial charge in [0, 0.05) is 17.8 Å². The van der Waals surface area contributed by atoms with Crippen LogP contribution in [0.3, 0.4) is 0 Å². The first kappa shape index (κ1) is 22.0. The lowest BCUT2D eigenvalue weighted by Gasteiger charge is -2.10. The number of carbonyl (C=O) groups excluding carboxylic acids is 1. The highest BCUT2D eigenvalue weighted by Gasteiger charge is 2.04. The minimum absolute atomic E-state index is 0.130. The Bertz CT molecular complexity index is 1130. The molecule has 1 amide bonds. The van der Waals surface area contributed by atoms with Gasteiger partial charge in [-0.25, -0.2) is 0 Å². The first-order chi connectivity index (χ1) is 16.2. The van der Waals surface area contributed by atoms with Gasteiger partial charge in [0.2, 0.25) is 5.91 Å². The summed E-state index contributed by atoms with van der Waals surface area (Å²) in [7, 11) is 0. The van der Waals surface area contributed by atoms with Gasteiger partial charge in [-0.1, -0.05) is 48.5 Å². The highest BCUT2D eigenvalue weighted by atomic mass is 16.5. The van der Waals surface area contributed by atoms with E-state index in [0.717, 1.165) is 23.6 Å². The minimum Gasteiger partial charge on any atom is -0.493 e. The molecular weight excluding hydrogens is 412 g/mol. The largest absolute Gasteiger partial charge is 0.493 e. The lowest BCUT2D eigenvalue weighted by atomic mass is 10.2. The van der Waals surface area contributed by atoms with Crippen molar-refractivity contribution < 1.29 is 14.3 Å². The summed E-state index contributed by atoms with van der Waals surface area (Å²) in [4.78, 5) is 12.3. The predicted octanol–water partition coefficient (Wildman–Crippen LogP) is 6.15. The average Bonchev–Trinajstić information content (AvgIpc) is 2.86. The van der Waals surface area contributed by atoms with Crippen LogP contribution in [-0.4, -0.2) is 19.1 Å². The molecule has 5 nitrogen and oxygen atoms in total. The maximum absolute atomic E-state index is 12.3. The van der Waals surface area contributed by atoms with Crippen molar-refractivity contribution >= 4 is 17.3 Å². The van der Waals surface area contributed by atoms with Crippen molar-refractivity contribution in [3.05, 3.63) is 115 Å². The molecule has 166 valence electrons. The molecule has 2 N–H and O–H groups in total. The number of nitrogens with one attached hydrogen (secondary N) is 2. The summed E-state index contributed by atoms with van der Waals surface area (Å²) >= 11 is 0. The molecule has 0 fully saturated rings. The molecule has 5 heteroatoms. The van der Waals surface area contributed by atoms with Gasteiger partial charge in [-0.05, 0) is 66.2 Å². The third kappa shape index (κ3) is 7.14. The molecule has 0 radical (unpaired) electrons. The van der Waals surface area contributed by atoms with Gasteiger partial charge in [-0.2, -0.15) is 0 Å². The van der Waals surface area contributed by atoms with Gasteiger partial charge < -0.3 is 20.1 Å². The van der Waals surface area contributed by atoms with Crippen molar-refractivity contribution in [2.24, 2.45) is 0 Å². The van der Waals surface area contributed by atoms with E-state index in [-0.39, 0.29) is 12.5 Å². The van der Waals surface area contributed by atoms with Crippen molar-refractivity contribution in [2.45, 2.75) is 6.42 Å². The van der Waals surface area contributed by atoms with Gasteiger partial charge in [-0.15, -0.1) is 0 Å². The Balaban J connectivity index is 1.18. The smallest absolute Gasteiger partial charge is 0.243 e. The van der Waals surface area contributed by atoms with Crippen LogP contribution in [0, 0.1) is 0 Å². The Morgan fingerprint density at radius 2 is 1.21 bits per heavy atom. The van der Waals surface area contributed by atoms with Crippen LogP contribution in [0.5, 0.6) is 17.2 Å². The average molecular weight is 439 g/mol. The molecule has 0 aliphatic heterocycles. The number of hydrogen-bond acceptors (Lipinski definition) is 4. The molecule has 4 rings (SSSR count). The normalized spacial score (nSPS) is 10.3. The Morgan fingerprint density at radius 1 is 0.636 bits per heavy atom. The predicted molar refractivity (Wildman–Crippen MR) is 132 cm³/mol. The Hall–Kier alpha value is -4.25. The summed E-state index contributed by atoms with van der Waals surface area (Å²) in [5, 5.41) is 6.00. The van der Waals surface area contributed by atoms with Crippen molar-refractivity contribution in [1.82, 2.24) is 0 Å². The lowest BCUT2D eigenvalue weighted by molar-refractivity contribution is -0.114. The molecule has 33 heavy (non-hydrogen) atoms. The van der Waals surface area contributed by atoms with Gasteiger partial charge in [0.15, 0.2) is 0 Å². The molecule has 0 spiro atoms.